The van der Waals surface area contributed by atoms with Crippen molar-refractivity contribution in [1.29, 1.82) is 0 Å². The summed E-state index contributed by atoms with van der Waals surface area (Å²) in [6, 6.07) is 9.95. The van der Waals surface area contributed by atoms with E-state index in [0.29, 0.717) is 0 Å². The van der Waals surface area contributed by atoms with Gasteiger partial charge in [-0.15, -0.1) is 0 Å². The Morgan fingerprint density at radius 2 is 1.41 bits per heavy atom. The third kappa shape index (κ3) is 4.46. The molecule has 0 bridgehead atoms. The first-order valence-electron chi connectivity index (χ1n) is 9.75. The van der Waals surface area contributed by atoms with Gasteiger partial charge in [-0.3, -0.25) is 9.59 Å². The first kappa shape index (κ1) is 24.1. The number of amides is 2. The Hall–Kier alpha value is -2.60. The molecule has 0 aliphatic carbocycles. The molecular weight excluding hydrogens is 454 g/mol. The van der Waals surface area contributed by atoms with Crippen LogP contribution in [0.4, 0.5) is 5.69 Å². The van der Waals surface area contributed by atoms with Crippen LogP contribution in [-0.4, -0.2) is 44.5 Å². The van der Waals surface area contributed by atoms with Crippen molar-refractivity contribution < 1.29 is 26.4 Å². The summed E-state index contributed by atoms with van der Waals surface area (Å²) in [6.45, 7) is 6.79. The molecule has 2 amide bonds. The Morgan fingerprint density at radius 3 is 1.88 bits per heavy atom. The van der Waals surface area contributed by atoms with E-state index in [2.05, 4.69) is 0 Å². The molecule has 32 heavy (non-hydrogen) atoms. The molecule has 2 aromatic rings. The molecule has 3 rings (SSSR count). The van der Waals surface area contributed by atoms with Crippen LogP contribution in [0.15, 0.2) is 58.3 Å². The largest absolute Gasteiger partial charge is 0.274 e. The van der Waals surface area contributed by atoms with Crippen molar-refractivity contribution in [1.82, 2.24) is 4.31 Å². The summed E-state index contributed by atoms with van der Waals surface area (Å²) in [6.07, 6.45) is -0.335. The average molecular weight is 480 g/mol. The minimum absolute atomic E-state index is 0.0224. The number of sulfonamides is 2. The lowest BCUT2D eigenvalue weighted by Crippen LogP contribution is -2.54. The number of imide groups is 1. The van der Waals surface area contributed by atoms with Crippen LogP contribution in [0, 0.1) is 6.92 Å². The van der Waals surface area contributed by atoms with Gasteiger partial charge in [0.1, 0.15) is 6.04 Å². The Bertz CT molecular complexity index is 1260. The standard InChI is InChI=1S/C21H25N3O6S2/c1-14-5-9-17(10-6-14)32(29,30)24(21(2,3)4)18-13-19(25)23(20(18)26)15-7-11-16(12-8-15)31(22,27)28/h5-12,18H,13H2,1-4H3,(H2,22,27,28). The van der Waals surface area contributed by atoms with Crippen LogP contribution in [-0.2, 0) is 29.6 Å². The van der Waals surface area contributed by atoms with Gasteiger partial charge in [0.05, 0.1) is 21.9 Å². The van der Waals surface area contributed by atoms with Gasteiger partial charge in [-0.2, -0.15) is 4.31 Å². The van der Waals surface area contributed by atoms with E-state index >= 15 is 0 Å². The zero-order valence-electron chi connectivity index (χ0n) is 18.1. The molecule has 0 radical (unpaired) electrons. The van der Waals surface area contributed by atoms with Crippen molar-refractivity contribution in [2.75, 3.05) is 4.90 Å². The summed E-state index contributed by atoms with van der Waals surface area (Å²) < 4.78 is 51.0. The molecule has 2 aromatic carbocycles. The number of nitrogens with zero attached hydrogens (tertiary/aromatic N) is 2. The van der Waals surface area contributed by atoms with E-state index in [0.717, 1.165) is 14.8 Å². The van der Waals surface area contributed by atoms with E-state index < -0.39 is 43.4 Å². The summed E-state index contributed by atoms with van der Waals surface area (Å²) in [7, 11) is -8.05. The number of hydrogen-bond acceptors (Lipinski definition) is 6. The molecule has 1 aliphatic rings. The molecule has 0 spiro atoms. The number of primary sulfonamides is 1. The van der Waals surface area contributed by atoms with Crippen LogP contribution in [0.3, 0.4) is 0 Å². The van der Waals surface area contributed by atoms with Gasteiger partial charge in [0.15, 0.2) is 0 Å². The fourth-order valence-electron chi connectivity index (χ4n) is 3.67. The van der Waals surface area contributed by atoms with Crippen molar-refractivity contribution in [3.63, 3.8) is 0 Å². The van der Waals surface area contributed by atoms with Gasteiger partial charge in [-0.05, 0) is 64.1 Å². The van der Waals surface area contributed by atoms with E-state index in [4.69, 9.17) is 5.14 Å². The summed E-state index contributed by atoms with van der Waals surface area (Å²) in [5.74, 6) is -1.29. The maximum absolute atomic E-state index is 13.5. The lowest BCUT2D eigenvalue weighted by Gasteiger charge is -2.37. The summed E-state index contributed by atoms with van der Waals surface area (Å²) >= 11 is 0. The van der Waals surface area contributed by atoms with Crippen LogP contribution in [0.5, 0.6) is 0 Å². The number of carbonyl (C=O) groups excluding carboxylic acids is 2. The molecule has 172 valence electrons. The van der Waals surface area contributed by atoms with Crippen molar-refractivity contribution in [3.8, 4) is 0 Å². The SMILES string of the molecule is Cc1ccc(S(=O)(=O)N(C2CC(=O)N(c3ccc(S(N)(=O)=O)cc3)C2=O)C(C)(C)C)cc1. The predicted octanol–water partition coefficient (Wildman–Crippen LogP) is 1.76. The summed E-state index contributed by atoms with van der Waals surface area (Å²) in [5.41, 5.74) is 0.0154. The summed E-state index contributed by atoms with van der Waals surface area (Å²) in [5, 5.41) is 5.09. The minimum atomic E-state index is -4.11. The van der Waals surface area contributed by atoms with Crippen molar-refractivity contribution in [2.24, 2.45) is 5.14 Å². The van der Waals surface area contributed by atoms with Crippen molar-refractivity contribution >= 4 is 37.5 Å². The molecule has 1 aliphatic heterocycles. The Kier molecular flexibility index (Phi) is 6.07. The van der Waals surface area contributed by atoms with Gasteiger partial charge in [-0.25, -0.2) is 26.9 Å². The van der Waals surface area contributed by atoms with Gasteiger partial charge in [0.2, 0.25) is 26.0 Å². The van der Waals surface area contributed by atoms with Crippen LogP contribution >= 0.6 is 0 Å². The molecule has 1 fully saturated rings. The first-order valence-corrected chi connectivity index (χ1v) is 12.7. The van der Waals surface area contributed by atoms with Crippen LogP contribution in [0.2, 0.25) is 0 Å². The number of hydrogen-bond donors (Lipinski definition) is 1. The molecule has 1 saturated heterocycles. The van der Waals surface area contributed by atoms with E-state index in [9.17, 15) is 26.4 Å². The van der Waals surface area contributed by atoms with E-state index in [1.165, 1.54) is 36.4 Å². The number of rotatable bonds is 5. The second kappa shape index (κ2) is 8.07. The predicted molar refractivity (Wildman–Crippen MR) is 119 cm³/mol. The highest BCUT2D eigenvalue weighted by Crippen LogP contribution is 2.34. The second-order valence-corrected chi connectivity index (χ2v) is 12.0. The number of carbonyl (C=O) groups is 2. The Balaban J connectivity index is 2.02. The van der Waals surface area contributed by atoms with Crippen molar-refractivity contribution in [2.45, 2.75) is 55.5 Å². The van der Waals surface area contributed by atoms with Crippen LogP contribution in [0.25, 0.3) is 0 Å². The Labute approximate surface area is 187 Å². The molecule has 1 atom stereocenters. The molecule has 1 heterocycles. The van der Waals surface area contributed by atoms with Gasteiger partial charge >= 0.3 is 0 Å². The summed E-state index contributed by atoms with van der Waals surface area (Å²) in [4.78, 5) is 26.8. The topological polar surface area (TPSA) is 135 Å². The monoisotopic (exact) mass is 479 g/mol. The van der Waals surface area contributed by atoms with E-state index in [1.807, 2.05) is 6.92 Å². The maximum atomic E-state index is 13.5. The van der Waals surface area contributed by atoms with Gasteiger partial charge in [-0.1, -0.05) is 17.7 Å². The zero-order chi connectivity index (χ0) is 24.1. The highest BCUT2D eigenvalue weighted by molar-refractivity contribution is 7.89. The van der Waals surface area contributed by atoms with E-state index in [-0.39, 0.29) is 21.9 Å². The molecule has 11 heteroatoms. The van der Waals surface area contributed by atoms with Crippen LogP contribution < -0.4 is 10.0 Å². The first-order chi connectivity index (χ1) is 14.6. The average Bonchev–Trinajstić information content (AvgIpc) is 2.94. The Morgan fingerprint density at radius 1 is 0.906 bits per heavy atom. The normalized spacial score (nSPS) is 17.9. The van der Waals surface area contributed by atoms with Gasteiger partial charge in [0, 0.05) is 5.54 Å². The minimum Gasteiger partial charge on any atom is -0.274 e. The molecule has 0 saturated carbocycles. The second-order valence-electron chi connectivity index (χ2n) is 8.61. The fourth-order valence-corrected chi connectivity index (χ4v) is 6.12. The van der Waals surface area contributed by atoms with Crippen molar-refractivity contribution in [3.05, 3.63) is 54.1 Å². The quantitative estimate of drug-likeness (QED) is 0.649. The molecule has 2 N–H and O–H groups in total. The fraction of sp³-hybridized carbons (Fsp3) is 0.333. The third-order valence-corrected chi connectivity index (χ3v) is 8.19. The molecule has 9 nitrogen and oxygen atoms in total. The van der Waals surface area contributed by atoms with Gasteiger partial charge in [0.25, 0.3) is 5.91 Å². The molecule has 0 aromatic heterocycles. The number of benzene rings is 2. The zero-order valence-corrected chi connectivity index (χ0v) is 19.8. The lowest BCUT2D eigenvalue weighted by atomic mass is 10.1. The van der Waals surface area contributed by atoms with Gasteiger partial charge < -0.3 is 0 Å². The third-order valence-electron chi connectivity index (χ3n) is 5.07. The number of anilines is 1. The highest BCUT2D eigenvalue weighted by atomic mass is 32.2. The number of nitrogens with two attached hydrogens (primary N) is 1. The maximum Gasteiger partial charge on any atom is 0.252 e. The number of aryl methyl sites for hydroxylation is 1. The molecular formula is C21H25N3O6S2. The van der Waals surface area contributed by atoms with Crippen LogP contribution in [0.1, 0.15) is 32.8 Å². The smallest absolute Gasteiger partial charge is 0.252 e. The lowest BCUT2D eigenvalue weighted by molar-refractivity contribution is -0.122. The molecule has 1 unspecified atom stereocenters. The van der Waals surface area contributed by atoms with E-state index in [1.54, 1.807) is 32.9 Å². The highest BCUT2D eigenvalue weighted by Gasteiger charge is 2.50.